The van der Waals surface area contributed by atoms with Crippen LogP contribution in [-0.4, -0.2) is 0 Å². The maximum atomic E-state index is 3.74. The Morgan fingerprint density at radius 3 is 2.62 bits per heavy atom. The van der Waals surface area contributed by atoms with Crippen LogP contribution in [0.25, 0.3) is 0 Å². The summed E-state index contributed by atoms with van der Waals surface area (Å²) >= 11 is 0. The lowest BCUT2D eigenvalue weighted by Gasteiger charge is -1.92. The van der Waals surface area contributed by atoms with Gasteiger partial charge in [0.25, 0.3) is 0 Å². The van der Waals surface area contributed by atoms with Crippen molar-refractivity contribution in [2.24, 2.45) is 0 Å². The van der Waals surface area contributed by atoms with Gasteiger partial charge in [0.05, 0.1) is 0 Å². The summed E-state index contributed by atoms with van der Waals surface area (Å²) in [5.41, 5.74) is 0. The average molecular weight is 111 g/mol. The lowest BCUT2D eigenvalue weighted by atomic mass is 10.1. The molecule has 0 saturated heterocycles. The van der Waals surface area contributed by atoms with Crippen LogP contribution in [0, 0.1) is 19.8 Å². The fourth-order valence-corrected chi connectivity index (χ4v) is 0.547. The third kappa shape index (κ3) is 6.00. The van der Waals surface area contributed by atoms with Gasteiger partial charge in [0, 0.05) is 0 Å². The second-order valence-corrected chi connectivity index (χ2v) is 1.86. The predicted octanol–water partition coefficient (Wildman–Crippen LogP) is 2.81. The smallest absolute Gasteiger partial charge is 0.0383 e. The van der Waals surface area contributed by atoms with Crippen molar-refractivity contribution in [3.63, 3.8) is 0 Å². The Morgan fingerprint density at radius 1 is 1.38 bits per heavy atom. The predicted molar refractivity (Wildman–Crippen MR) is 38.1 cm³/mol. The molecule has 8 heavy (non-hydrogen) atoms. The maximum Gasteiger partial charge on any atom is -0.0383 e. The fraction of sp³-hybridized carbons (Fsp3) is 0.625. The summed E-state index contributed by atoms with van der Waals surface area (Å²) in [7, 11) is 0. The largest absolute Gasteiger partial charge is 0.0651 e. The van der Waals surface area contributed by atoms with Crippen molar-refractivity contribution in [2.45, 2.75) is 32.6 Å². The van der Waals surface area contributed by atoms with Gasteiger partial charge in [-0.25, -0.2) is 0 Å². The van der Waals surface area contributed by atoms with Gasteiger partial charge in [-0.3, -0.25) is 0 Å². The van der Waals surface area contributed by atoms with Crippen molar-refractivity contribution in [1.29, 1.82) is 0 Å². The summed E-state index contributed by atoms with van der Waals surface area (Å²) in [5.74, 6) is 0. The molecule has 0 rings (SSSR count). The molecule has 0 aromatic rings. The van der Waals surface area contributed by atoms with Crippen molar-refractivity contribution >= 4 is 0 Å². The lowest BCUT2D eigenvalue weighted by molar-refractivity contribution is 0.877. The van der Waals surface area contributed by atoms with Crippen LogP contribution in [0.5, 0.6) is 0 Å². The SMILES string of the molecule is [CH2]CC[CH]C[CH]CC. The molecule has 0 N–H and O–H groups in total. The fourth-order valence-electron chi connectivity index (χ4n) is 0.547. The van der Waals surface area contributed by atoms with Crippen LogP contribution in [0.1, 0.15) is 32.6 Å². The molecule has 0 aromatic heterocycles. The van der Waals surface area contributed by atoms with E-state index in [1.54, 1.807) is 0 Å². The standard InChI is InChI=1S/C8H15/c1-3-5-7-8-6-4-2/h6-7H,1,3-5,8H2,2H3. The molecule has 3 radical (unpaired) electrons. The monoisotopic (exact) mass is 111 g/mol. The number of hydrogen-bond acceptors (Lipinski definition) is 0. The first-order valence-electron chi connectivity index (χ1n) is 3.34. The van der Waals surface area contributed by atoms with Gasteiger partial charge in [-0.1, -0.05) is 33.1 Å². The zero-order chi connectivity index (χ0) is 6.24. The Labute approximate surface area is 53.3 Å². The van der Waals surface area contributed by atoms with E-state index in [-0.39, 0.29) is 0 Å². The highest BCUT2D eigenvalue weighted by Gasteiger charge is 1.84. The van der Waals surface area contributed by atoms with Crippen molar-refractivity contribution in [3.8, 4) is 0 Å². The van der Waals surface area contributed by atoms with E-state index in [0.717, 1.165) is 19.3 Å². The molecule has 0 fully saturated rings. The van der Waals surface area contributed by atoms with Gasteiger partial charge in [-0.2, -0.15) is 0 Å². The van der Waals surface area contributed by atoms with Gasteiger partial charge < -0.3 is 0 Å². The Balaban J connectivity index is 2.53. The van der Waals surface area contributed by atoms with E-state index < -0.39 is 0 Å². The molecule has 47 valence electrons. The lowest BCUT2D eigenvalue weighted by Crippen LogP contribution is -1.76. The van der Waals surface area contributed by atoms with Gasteiger partial charge in [0.15, 0.2) is 0 Å². The van der Waals surface area contributed by atoms with Gasteiger partial charge in [-0.15, -0.1) is 0 Å². The van der Waals surface area contributed by atoms with E-state index in [1.807, 2.05) is 0 Å². The molecule has 0 heteroatoms. The molecule has 0 unspecified atom stereocenters. The molecule has 0 amide bonds. The molecule has 0 nitrogen and oxygen atoms in total. The van der Waals surface area contributed by atoms with E-state index in [4.69, 9.17) is 0 Å². The highest BCUT2D eigenvalue weighted by molar-refractivity contribution is 4.74. The third-order valence-corrected chi connectivity index (χ3v) is 1.03. The van der Waals surface area contributed by atoms with E-state index in [1.165, 1.54) is 6.42 Å². The van der Waals surface area contributed by atoms with Gasteiger partial charge in [-0.05, 0) is 19.3 Å². The maximum absolute atomic E-state index is 3.74. The van der Waals surface area contributed by atoms with Crippen LogP contribution >= 0.6 is 0 Å². The molecule has 0 atom stereocenters. The van der Waals surface area contributed by atoms with Gasteiger partial charge >= 0.3 is 0 Å². The zero-order valence-corrected chi connectivity index (χ0v) is 5.69. The van der Waals surface area contributed by atoms with E-state index in [0.29, 0.717) is 0 Å². The van der Waals surface area contributed by atoms with Crippen LogP contribution in [-0.2, 0) is 0 Å². The summed E-state index contributed by atoms with van der Waals surface area (Å²) < 4.78 is 0. The minimum Gasteiger partial charge on any atom is -0.0651 e. The van der Waals surface area contributed by atoms with Crippen molar-refractivity contribution in [2.75, 3.05) is 0 Å². The van der Waals surface area contributed by atoms with Gasteiger partial charge in [0.1, 0.15) is 0 Å². The molecular formula is C8H15. The molecular weight excluding hydrogens is 96.1 g/mol. The van der Waals surface area contributed by atoms with Crippen LogP contribution in [0.3, 0.4) is 0 Å². The Morgan fingerprint density at radius 2 is 2.12 bits per heavy atom. The number of rotatable bonds is 5. The summed E-state index contributed by atoms with van der Waals surface area (Å²) in [6, 6.07) is 0. The van der Waals surface area contributed by atoms with Crippen LogP contribution in [0.4, 0.5) is 0 Å². The first kappa shape index (κ1) is 8.00. The molecule has 0 aliphatic heterocycles. The van der Waals surface area contributed by atoms with E-state index >= 15 is 0 Å². The summed E-state index contributed by atoms with van der Waals surface area (Å²) in [5, 5.41) is 0. The van der Waals surface area contributed by atoms with Crippen LogP contribution in [0.2, 0.25) is 0 Å². The summed E-state index contributed by atoms with van der Waals surface area (Å²) in [6.07, 6.45) is 9.10. The first-order valence-corrected chi connectivity index (χ1v) is 3.34. The molecule has 0 aliphatic rings. The summed E-state index contributed by atoms with van der Waals surface area (Å²) in [4.78, 5) is 0. The molecule has 0 spiro atoms. The highest BCUT2D eigenvalue weighted by Crippen LogP contribution is 2.00. The Hall–Kier alpha value is 0. The minimum absolute atomic E-state index is 1.04. The number of unbranched alkanes of at least 4 members (excludes halogenated alkanes) is 5. The average Bonchev–Trinajstić information content (AvgIpc) is 1.81. The van der Waals surface area contributed by atoms with E-state index in [2.05, 4.69) is 26.7 Å². The molecule has 0 aliphatic carbocycles. The second kappa shape index (κ2) is 7.00. The second-order valence-electron chi connectivity index (χ2n) is 1.86. The molecule has 0 heterocycles. The quantitative estimate of drug-likeness (QED) is 0.478. The van der Waals surface area contributed by atoms with Crippen molar-refractivity contribution in [3.05, 3.63) is 19.8 Å². The number of hydrogen-bond donors (Lipinski definition) is 0. The summed E-state index contributed by atoms with van der Waals surface area (Å²) in [6.45, 7) is 5.90. The topological polar surface area (TPSA) is 0 Å². The minimum atomic E-state index is 1.04. The Kier molecular flexibility index (Phi) is 7.00. The third-order valence-electron chi connectivity index (χ3n) is 1.03. The highest BCUT2D eigenvalue weighted by atomic mass is 13.9. The Bertz CT molecular complexity index is 25.0. The van der Waals surface area contributed by atoms with E-state index in [9.17, 15) is 0 Å². The normalized spacial score (nSPS) is 9.75. The molecule has 0 bridgehead atoms. The zero-order valence-electron chi connectivity index (χ0n) is 5.69. The molecule has 0 saturated carbocycles. The van der Waals surface area contributed by atoms with Crippen LogP contribution < -0.4 is 0 Å². The van der Waals surface area contributed by atoms with Gasteiger partial charge in [0.2, 0.25) is 0 Å². The van der Waals surface area contributed by atoms with Crippen molar-refractivity contribution < 1.29 is 0 Å². The molecule has 0 aromatic carbocycles. The van der Waals surface area contributed by atoms with Crippen molar-refractivity contribution in [1.82, 2.24) is 0 Å². The first-order chi connectivity index (χ1) is 3.91. The van der Waals surface area contributed by atoms with Crippen LogP contribution in [0.15, 0.2) is 0 Å².